The van der Waals surface area contributed by atoms with Gasteiger partial charge in [0.15, 0.2) is 5.16 Å². The Morgan fingerprint density at radius 3 is 2.65 bits per heavy atom. The first-order valence-electron chi connectivity index (χ1n) is 9.73. The third kappa shape index (κ3) is 4.66. The monoisotopic (exact) mass is 479 g/mol. The third-order valence-electron chi connectivity index (χ3n) is 5.12. The van der Waals surface area contributed by atoms with Gasteiger partial charge in [0, 0.05) is 37.5 Å². The fourth-order valence-electron chi connectivity index (χ4n) is 3.40. The summed E-state index contributed by atoms with van der Waals surface area (Å²) in [4.78, 5) is 12.6. The molecule has 1 aromatic carbocycles. The first kappa shape index (κ1) is 21.9. The van der Waals surface area contributed by atoms with Crippen molar-refractivity contribution in [2.75, 3.05) is 13.1 Å². The van der Waals surface area contributed by atoms with Gasteiger partial charge < -0.3 is 4.57 Å². The second-order valence-electron chi connectivity index (χ2n) is 7.17. The fraction of sp³-hybridized carbons (Fsp3) is 0.368. The quantitative estimate of drug-likeness (QED) is 0.375. The van der Waals surface area contributed by atoms with Crippen LogP contribution in [0.5, 0.6) is 0 Å². The zero-order valence-electron chi connectivity index (χ0n) is 16.8. The molecule has 0 atom stereocenters. The molecule has 31 heavy (non-hydrogen) atoms. The number of aromatic nitrogens is 3. The number of nitrogens with zero attached hydrogens (tertiary/aromatic N) is 5. The number of thiophene rings is 1. The van der Waals surface area contributed by atoms with Gasteiger partial charge in [0.2, 0.25) is 10.0 Å². The van der Waals surface area contributed by atoms with Gasteiger partial charge in [-0.1, -0.05) is 12.5 Å². The maximum atomic E-state index is 12.9. The first-order chi connectivity index (χ1) is 14.9. The summed E-state index contributed by atoms with van der Waals surface area (Å²) in [5, 5.41) is 22.6. The Kier molecular flexibility index (Phi) is 6.42. The summed E-state index contributed by atoms with van der Waals surface area (Å²) in [6.45, 7) is 0.886. The molecule has 0 bridgehead atoms. The highest BCUT2D eigenvalue weighted by molar-refractivity contribution is 7.99. The van der Waals surface area contributed by atoms with E-state index in [0.29, 0.717) is 29.6 Å². The summed E-state index contributed by atoms with van der Waals surface area (Å²) in [5.74, 6) is 0.747. The summed E-state index contributed by atoms with van der Waals surface area (Å²) in [7, 11) is -1.94. The Labute approximate surface area is 188 Å². The second-order valence-corrected chi connectivity index (χ2v) is 11.1. The molecule has 3 aromatic rings. The van der Waals surface area contributed by atoms with Gasteiger partial charge in [-0.15, -0.1) is 21.5 Å². The van der Waals surface area contributed by atoms with Crippen LogP contribution in [-0.4, -0.2) is 45.5 Å². The Morgan fingerprint density at radius 1 is 1.19 bits per heavy atom. The maximum Gasteiger partial charge on any atom is 0.284 e. The molecule has 0 unspecified atom stereocenters. The van der Waals surface area contributed by atoms with Crippen LogP contribution < -0.4 is 0 Å². The zero-order chi connectivity index (χ0) is 22.0. The lowest BCUT2D eigenvalue weighted by Crippen LogP contribution is -2.35. The van der Waals surface area contributed by atoms with Crippen LogP contribution >= 0.6 is 23.1 Å². The topological polar surface area (TPSA) is 111 Å². The normalized spacial score (nSPS) is 15.3. The lowest BCUT2D eigenvalue weighted by molar-refractivity contribution is -0.388. The van der Waals surface area contributed by atoms with Crippen LogP contribution in [0.15, 0.2) is 50.7 Å². The van der Waals surface area contributed by atoms with Crippen LogP contribution in [0.4, 0.5) is 5.69 Å². The number of hydrogen-bond acceptors (Lipinski definition) is 8. The molecule has 1 aliphatic heterocycles. The van der Waals surface area contributed by atoms with Crippen molar-refractivity contribution in [3.63, 3.8) is 0 Å². The van der Waals surface area contributed by atoms with E-state index in [1.165, 1.54) is 16.4 Å². The molecule has 9 nitrogen and oxygen atoms in total. The van der Waals surface area contributed by atoms with Gasteiger partial charge >= 0.3 is 0 Å². The van der Waals surface area contributed by atoms with E-state index in [9.17, 15) is 18.5 Å². The van der Waals surface area contributed by atoms with E-state index in [1.54, 1.807) is 15.9 Å². The minimum Gasteiger partial charge on any atom is -0.309 e. The molecule has 3 heterocycles. The van der Waals surface area contributed by atoms with Crippen molar-refractivity contribution < 1.29 is 13.3 Å². The lowest BCUT2D eigenvalue weighted by Gasteiger charge is -2.25. The van der Waals surface area contributed by atoms with E-state index in [4.69, 9.17) is 0 Å². The molecule has 1 saturated heterocycles. The number of nitro groups is 1. The Hall–Kier alpha value is -2.28. The van der Waals surface area contributed by atoms with E-state index >= 15 is 0 Å². The van der Waals surface area contributed by atoms with Crippen molar-refractivity contribution >= 4 is 38.8 Å². The minimum absolute atomic E-state index is 0.0539. The number of hydrogen-bond donors (Lipinski definition) is 0. The highest BCUT2D eigenvalue weighted by Gasteiger charge is 2.29. The van der Waals surface area contributed by atoms with Gasteiger partial charge in [-0.2, -0.15) is 4.31 Å². The second kappa shape index (κ2) is 9.07. The van der Waals surface area contributed by atoms with Crippen LogP contribution in [0, 0.1) is 10.1 Å². The average molecular weight is 480 g/mol. The van der Waals surface area contributed by atoms with Crippen molar-refractivity contribution in [3.8, 4) is 0 Å². The molecule has 0 saturated carbocycles. The molecule has 0 radical (unpaired) electrons. The highest BCUT2D eigenvalue weighted by Crippen LogP contribution is 2.36. The molecule has 2 aromatic heterocycles. The molecule has 1 aliphatic rings. The SMILES string of the molecule is Cn1c(Cc2cccs2)nnc1Sc1ccc(S(=O)(=O)N2CCCCC2)cc1[N+](=O)[O-]. The van der Waals surface area contributed by atoms with Gasteiger partial charge in [0.25, 0.3) is 5.69 Å². The summed E-state index contributed by atoms with van der Waals surface area (Å²) in [6, 6.07) is 8.04. The predicted octanol–water partition coefficient (Wildman–Crippen LogP) is 3.70. The number of sulfonamides is 1. The van der Waals surface area contributed by atoms with Crippen LogP contribution in [0.1, 0.15) is 30.0 Å². The Morgan fingerprint density at radius 2 is 1.97 bits per heavy atom. The molecule has 12 heteroatoms. The number of nitro benzene ring substituents is 1. The minimum atomic E-state index is -3.75. The van der Waals surface area contributed by atoms with E-state index < -0.39 is 14.9 Å². The fourth-order valence-corrected chi connectivity index (χ4v) is 6.53. The molecule has 0 aliphatic carbocycles. The van der Waals surface area contributed by atoms with Gasteiger partial charge in [0.1, 0.15) is 5.82 Å². The lowest BCUT2D eigenvalue weighted by atomic mass is 10.2. The van der Waals surface area contributed by atoms with Crippen LogP contribution in [0.3, 0.4) is 0 Å². The summed E-state index contributed by atoms with van der Waals surface area (Å²) < 4.78 is 29.0. The maximum absolute atomic E-state index is 12.9. The summed E-state index contributed by atoms with van der Waals surface area (Å²) in [6.07, 6.45) is 3.22. The number of rotatable bonds is 7. The smallest absolute Gasteiger partial charge is 0.284 e. The van der Waals surface area contributed by atoms with Gasteiger partial charge in [-0.25, -0.2) is 8.42 Å². The number of piperidine rings is 1. The molecule has 0 spiro atoms. The Balaban J connectivity index is 1.61. The van der Waals surface area contributed by atoms with Crippen molar-refractivity contribution in [3.05, 3.63) is 56.5 Å². The third-order valence-corrected chi connectivity index (χ3v) is 8.99. The molecule has 4 rings (SSSR count). The average Bonchev–Trinajstić information content (AvgIpc) is 3.40. The van der Waals surface area contributed by atoms with Gasteiger partial charge in [-0.05, 0) is 48.2 Å². The molecule has 1 fully saturated rings. The Bertz CT molecular complexity index is 1190. The van der Waals surface area contributed by atoms with E-state index in [-0.39, 0.29) is 10.6 Å². The van der Waals surface area contributed by atoms with Crippen LogP contribution in [0.25, 0.3) is 0 Å². The first-order valence-corrected chi connectivity index (χ1v) is 12.9. The van der Waals surface area contributed by atoms with Crippen molar-refractivity contribution in [2.45, 2.75) is 40.6 Å². The van der Waals surface area contributed by atoms with Crippen molar-refractivity contribution in [1.29, 1.82) is 0 Å². The van der Waals surface area contributed by atoms with Gasteiger partial charge in [-0.3, -0.25) is 10.1 Å². The largest absolute Gasteiger partial charge is 0.309 e. The van der Waals surface area contributed by atoms with Crippen LogP contribution in [0.2, 0.25) is 0 Å². The summed E-state index contributed by atoms with van der Waals surface area (Å²) >= 11 is 2.72. The van der Waals surface area contributed by atoms with E-state index in [2.05, 4.69) is 10.2 Å². The molecule has 0 amide bonds. The molecule has 164 valence electrons. The molecular weight excluding hydrogens is 458 g/mol. The highest BCUT2D eigenvalue weighted by atomic mass is 32.2. The number of benzene rings is 1. The molecule has 0 N–H and O–H groups in total. The predicted molar refractivity (Wildman–Crippen MR) is 118 cm³/mol. The van der Waals surface area contributed by atoms with Crippen LogP contribution in [-0.2, 0) is 23.5 Å². The van der Waals surface area contributed by atoms with E-state index in [1.807, 2.05) is 24.6 Å². The summed E-state index contributed by atoms with van der Waals surface area (Å²) in [5.41, 5.74) is -0.258. The standard InChI is InChI=1S/C19H21N5O4S3/c1-22-18(12-14-6-5-11-29-14)20-21-19(22)30-17-8-7-15(13-16(17)24(25)26)31(27,28)23-9-3-2-4-10-23/h5-8,11,13H,2-4,9-10,12H2,1H3. The van der Waals surface area contributed by atoms with Crippen molar-refractivity contribution in [1.82, 2.24) is 19.1 Å². The van der Waals surface area contributed by atoms with Gasteiger partial charge in [0.05, 0.1) is 14.7 Å². The van der Waals surface area contributed by atoms with E-state index in [0.717, 1.165) is 47.8 Å². The van der Waals surface area contributed by atoms with Crippen molar-refractivity contribution in [2.24, 2.45) is 7.05 Å². The zero-order valence-corrected chi connectivity index (χ0v) is 19.3. The molecular formula is C19H21N5O4S3.